The summed E-state index contributed by atoms with van der Waals surface area (Å²) in [6.07, 6.45) is 13.4. The Balaban J connectivity index is 0.00000616. The number of aryl methyl sites for hydroxylation is 5. The molecule has 0 bridgehead atoms. The zero-order chi connectivity index (χ0) is 50.3. The molecule has 76 heavy (non-hydrogen) atoms. The Labute approximate surface area is 460 Å². The van der Waals surface area contributed by atoms with E-state index >= 15 is 0 Å². The number of hydrogen-bond donors (Lipinski definition) is 1. The molecule has 3 heterocycles. The van der Waals surface area contributed by atoms with Crippen LogP contribution in [0.2, 0.25) is 0 Å². The van der Waals surface area contributed by atoms with Crippen molar-refractivity contribution in [3.63, 3.8) is 0 Å². The molecule has 1 unspecified atom stereocenters. The number of nitrogens with one attached hydrogen (secondary N) is 1. The number of aromatic nitrogens is 3. The Bertz CT molecular complexity index is 3740. The fraction of sp³-hybridized carbons (Fsp3) is 0.0857. The Morgan fingerprint density at radius 1 is 0.461 bits per heavy atom. The maximum absolute atomic E-state index is 4.79. The first-order valence-electron chi connectivity index (χ1n) is 25.8. The average Bonchev–Trinajstić information content (AvgIpc) is 4.20. The Morgan fingerprint density at radius 3 is 1.76 bits per heavy atom. The molecule has 0 fully saturated rings. The first kappa shape index (κ1) is 49.5. The molecule has 1 aliphatic heterocycles. The molecule has 12 rings (SSSR count). The first-order chi connectivity index (χ1) is 37.1. The van der Waals surface area contributed by atoms with Crippen LogP contribution in [0.25, 0.3) is 72.8 Å². The summed E-state index contributed by atoms with van der Waals surface area (Å²) >= 11 is 0. The summed E-state index contributed by atoms with van der Waals surface area (Å²) in [4.78, 5) is 11.8. The Hall–Kier alpha value is -8.67. The van der Waals surface area contributed by atoms with E-state index in [0.717, 1.165) is 87.5 Å². The van der Waals surface area contributed by atoms with E-state index in [2.05, 4.69) is 252 Å². The van der Waals surface area contributed by atoms with E-state index in [1.54, 1.807) is 0 Å². The van der Waals surface area contributed by atoms with E-state index in [1.807, 2.05) is 36.9 Å². The zero-order valence-corrected chi connectivity index (χ0v) is 44.6. The molecule has 0 saturated carbocycles. The second-order valence-corrected chi connectivity index (χ2v) is 19.3. The van der Waals surface area contributed by atoms with Crippen LogP contribution in [0.3, 0.4) is 0 Å². The van der Waals surface area contributed by atoms with Gasteiger partial charge in [-0.05, 0) is 94.7 Å². The van der Waals surface area contributed by atoms with Crippen LogP contribution in [0.5, 0.6) is 0 Å². The summed E-state index contributed by atoms with van der Waals surface area (Å²) in [7, 11) is 0. The summed E-state index contributed by atoms with van der Waals surface area (Å²) in [6.45, 7) is 2.11. The standard InChI is InChI=1S/C70H54N5.Ir/c1-50-39-40-71-68(45-50)60-37-38-66(67(49-60)57-35-33-56(34-36-57)55-13-5-2-6-14-55)65-20-12-11-19-64(65)61-47-53(23-21-51-25-29-58(30-26-51)69-72-41-43-74(69)62-15-7-3-8-16-62)46-54(48-61)24-22-52-27-31-59(32-28-52)70-73-42-44-75(70)63-17-9-4-10-18-63;/h2-20,25-29,31,33-36,38-49,69,72H,21-24H2,1H3;/q-3;+3. The van der Waals surface area contributed by atoms with Gasteiger partial charge in [0.2, 0.25) is 0 Å². The predicted molar refractivity (Wildman–Crippen MR) is 307 cm³/mol. The van der Waals surface area contributed by atoms with E-state index in [4.69, 9.17) is 9.97 Å². The van der Waals surface area contributed by atoms with Gasteiger partial charge in [0.15, 0.2) is 0 Å². The van der Waals surface area contributed by atoms with Gasteiger partial charge >= 0.3 is 20.1 Å². The molecule has 1 N–H and O–H groups in total. The molecule has 5 nitrogen and oxygen atoms in total. The minimum Gasteiger partial charge on any atom is -0.368 e. The van der Waals surface area contributed by atoms with Gasteiger partial charge in [0, 0.05) is 42.4 Å². The van der Waals surface area contributed by atoms with Crippen LogP contribution in [-0.2, 0) is 45.8 Å². The fourth-order valence-electron chi connectivity index (χ4n) is 10.3. The number of para-hydroxylation sites is 2. The van der Waals surface area contributed by atoms with Gasteiger partial charge in [-0.1, -0.05) is 175 Å². The van der Waals surface area contributed by atoms with Crippen LogP contribution in [0.4, 0.5) is 5.69 Å². The zero-order valence-electron chi connectivity index (χ0n) is 42.2. The molecule has 11 aromatic rings. The van der Waals surface area contributed by atoms with Crippen LogP contribution in [-0.4, -0.2) is 14.5 Å². The molecule has 2 aromatic heterocycles. The van der Waals surface area contributed by atoms with E-state index in [9.17, 15) is 0 Å². The number of rotatable bonds is 15. The molecule has 9 aromatic carbocycles. The number of nitrogens with zero attached hydrogens (tertiary/aromatic N) is 4. The maximum atomic E-state index is 4.79. The fourth-order valence-corrected chi connectivity index (χ4v) is 10.3. The van der Waals surface area contributed by atoms with Crippen LogP contribution < -0.4 is 10.2 Å². The van der Waals surface area contributed by atoms with Crippen molar-refractivity contribution in [1.82, 2.24) is 19.9 Å². The second kappa shape index (κ2) is 22.8. The number of benzene rings is 9. The van der Waals surface area contributed by atoms with Crippen molar-refractivity contribution in [3.8, 4) is 72.8 Å². The molecule has 1 aliphatic rings. The minimum atomic E-state index is -0.00538. The number of anilines is 1. The summed E-state index contributed by atoms with van der Waals surface area (Å²) in [5.74, 6) is 0.879. The third-order valence-electron chi connectivity index (χ3n) is 14.2. The molecule has 6 heteroatoms. The first-order valence-corrected chi connectivity index (χ1v) is 25.8. The van der Waals surface area contributed by atoms with Crippen molar-refractivity contribution in [3.05, 3.63) is 301 Å². The SMILES string of the molecule is Cc1ccnc(-c2[c-]cc(-c3ccccc3-c3cc(CCc4c[c-]c(-c5nccn5-c5ccccc5)cc4)cc(CCc4c[c-]c(C5NC=CN5c5ccccc5)cc4)c3)c(-c3ccc(-c4ccccc4)cc3)c2)c1.[Ir+3]. The van der Waals surface area contributed by atoms with E-state index in [0.29, 0.717) is 0 Å². The molecule has 0 radical (unpaired) electrons. The largest absolute Gasteiger partial charge is 3.00 e. The average molecular weight is 1160 g/mol. The summed E-state index contributed by atoms with van der Waals surface area (Å²) in [5, 5.41) is 3.52. The quantitative estimate of drug-likeness (QED) is 0.104. The Morgan fingerprint density at radius 2 is 1.08 bits per heavy atom. The van der Waals surface area contributed by atoms with Crippen LogP contribution in [0.15, 0.2) is 249 Å². The van der Waals surface area contributed by atoms with Gasteiger partial charge < -0.3 is 19.8 Å². The number of hydrogen-bond acceptors (Lipinski definition) is 4. The normalized spacial score (nSPS) is 12.8. The van der Waals surface area contributed by atoms with E-state index in [-0.39, 0.29) is 26.3 Å². The number of pyridine rings is 1. The van der Waals surface area contributed by atoms with Crippen LogP contribution >= 0.6 is 0 Å². The third-order valence-corrected chi connectivity index (χ3v) is 14.2. The summed E-state index contributed by atoms with van der Waals surface area (Å²) in [6, 6.07) is 89.2. The molecule has 0 spiro atoms. The smallest absolute Gasteiger partial charge is 0.368 e. The van der Waals surface area contributed by atoms with Crippen LogP contribution in [0.1, 0.15) is 39.5 Å². The molecule has 368 valence electrons. The van der Waals surface area contributed by atoms with E-state index < -0.39 is 0 Å². The summed E-state index contributed by atoms with van der Waals surface area (Å²) < 4.78 is 2.12. The predicted octanol–water partition coefficient (Wildman–Crippen LogP) is 16.1. The van der Waals surface area contributed by atoms with Gasteiger partial charge in [-0.25, -0.2) is 0 Å². The number of imidazole rings is 1. The van der Waals surface area contributed by atoms with Crippen molar-refractivity contribution in [2.75, 3.05) is 4.90 Å². The molecule has 0 amide bonds. The van der Waals surface area contributed by atoms with Crippen molar-refractivity contribution in [2.24, 2.45) is 0 Å². The van der Waals surface area contributed by atoms with Gasteiger partial charge in [-0.3, -0.25) is 4.98 Å². The van der Waals surface area contributed by atoms with Crippen molar-refractivity contribution >= 4 is 5.69 Å². The van der Waals surface area contributed by atoms with Gasteiger partial charge in [-0.15, -0.1) is 64.7 Å². The Kier molecular flexibility index (Phi) is 14.9. The molecule has 0 aliphatic carbocycles. The van der Waals surface area contributed by atoms with Gasteiger partial charge in [-0.2, -0.15) is 29.8 Å². The van der Waals surface area contributed by atoms with E-state index in [1.165, 1.54) is 50.1 Å². The maximum Gasteiger partial charge on any atom is 3.00 e. The topological polar surface area (TPSA) is 46.0 Å². The van der Waals surface area contributed by atoms with Gasteiger partial charge in [0.25, 0.3) is 0 Å². The summed E-state index contributed by atoms with van der Waals surface area (Å²) in [5.41, 5.74) is 21.7. The van der Waals surface area contributed by atoms with Gasteiger partial charge in [0.05, 0.1) is 5.82 Å². The molecule has 1 atom stereocenters. The monoisotopic (exact) mass is 1160 g/mol. The second-order valence-electron chi connectivity index (χ2n) is 19.3. The van der Waals surface area contributed by atoms with Crippen molar-refractivity contribution in [1.29, 1.82) is 0 Å². The molecular weight excluding hydrogens is 1100 g/mol. The minimum absolute atomic E-state index is 0. The molecule has 0 saturated heterocycles. The molecular formula is C70H54IrN5. The van der Waals surface area contributed by atoms with Crippen LogP contribution in [0, 0.1) is 25.1 Å². The van der Waals surface area contributed by atoms with Crippen molar-refractivity contribution < 1.29 is 20.1 Å². The third kappa shape index (κ3) is 10.9. The van der Waals surface area contributed by atoms with Crippen molar-refractivity contribution in [2.45, 2.75) is 38.8 Å². The van der Waals surface area contributed by atoms with Gasteiger partial charge in [0.1, 0.15) is 6.17 Å².